The van der Waals surface area contributed by atoms with Gasteiger partial charge in [-0.25, -0.2) is 24.0 Å². The first-order valence-electron chi connectivity index (χ1n) is 6.46. The van der Waals surface area contributed by atoms with E-state index < -0.39 is 33.4 Å². The average molecular weight is 399 g/mol. The number of carbonyl (C=O) groups is 2. The molecular weight excluding hydrogens is 380 g/mol. The van der Waals surface area contributed by atoms with Crippen LogP contribution in [0.15, 0.2) is 4.79 Å². The third-order valence-electron chi connectivity index (χ3n) is 2.32. The van der Waals surface area contributed by atoms with Crippen LogP contribution < -0.4 is 26.5 Å². The minimum Gasteiger partial charge on any atom is -0.480 e. The molecule has 4 amide bonds. The number of nitrogens with one attached hydrogen (secondary N) is 2. The molecule has 0 fully saturated rings. The van der Waals surface area contributed by atoms with Gasteiger partial charge in [0, 0.05) is 5.54 Å². The maximum atomic E-state index is 11.7. The zero-order valence-corrected chi connectivity index (χ0v) is 15.4. The van der Waals surface area contributed by atoms with Crippen LogP contribution in [0.3, 0.4) is 0 Å². The number of aryl methyl sites for hydroxylation is 1. The van der Waals surface area contributed by atoms with Gasteiger partial charge in [-0.15, -0.1) is 0 Å². The summed E-state index contributed by atoms with van der Waals surface area (Å²) in [6.45, 7) is 6.96. The van der Waals surface area contributed by atoms with Crippen LogP contribution in [-0.2, 0) is 15.7 Å². The first-order chi connectivity index (χ1) is 11.1. The molecule has 14 heteroatoms. The summed E-state index contributed by atoms with van der Waals surface area (Å²) >= 11 is 5.75. The molecule has 1 rings (SSSR count). The molecule has 1 heterocycles. The summed E-state index contributed by atoms with van der Waals surface area (Å²) in [5, 5.41) is 9.58. The third-order valence-corrected chi connectivity index (χ3v) is 3.69. The lowest BCUT2D eigenvalue weighted by Gasteiger charge is -2.23. The van der Waals surface area contributed by atoms with Gasteiger partial charge in [0.05, 0.1) is 5.69 Å². The van der Waals surface area contributed by atoms with Crippen molar-refractivity contribution >= 4 is 33.9 Å². The van der Waals surface area contributed by atoms with Gasteiger partial charge in [-0.2, -0.15) is 8.42 Å². The molecule has 0 unspecified atom stereocenters. The number of halogens is 1. The zero-order valence-electron chi connectivity index (χ0n) is 13.8. The van der Waals surface area contributed by atoms with Gasteiger partial charge < -0.3 is 16.6 Å². The van der Waals surface area contributed by atoms with E-state index in [-0.39, 0.29) is 11.0 Å². The number of hydrogen-bond donors (Lipinski definition) is 5. The van der Waals surface area contributed by atoms with Gasteiger partial charge in [-0.1, -0.05) is 11.6 Å². The first kappa shape index (κ1) is 22.5. The van der Waals surface area contributed by atoms with Crippen molar-refractivity contribution in [3.8, 4) is 6.01 Å². The Balaban J connectivity index is 0.000000477. The van der Waals surface area contributed by atoms with E-state index in [2.05, 4.69) is 16.5 Å². The second-order valence-corrected chi connectivity index (χ2v) is 7.35. The van der Waals surface area contributed by atoms with Crippen LogP contribution in [0.1, 0.15) is 26.5 Å². The third kappa shape index (κ3) is 7.26. The highest BCUT2D eigenvalue weighted by atomic mass is 35.5. The number of primary amides is 2. The minimum absolute atomic E-state index is 0.0534. The molecule has 0 aromatic carbocycles. The van der Waals surface area contributed by atoms with E-state index in [1.54, 1.807) is 27.7 Å². The van der Waals surface area contributed by atoms with Gasteiger partial charge >= 0.3 is 22.3 Å². The molecular formula is C11H19ClN6O6S. The predicted octanol–water partition coefficient (Wildman–Crippen LogP) is -0.766. The van der Waals surface area contributed by atoms with Crippen LogP contribution in [0.4, 0.5) is 9.59 Å². The summed E-state index contributed by atoms with van der Waals surface area (Å²) in [5.74, 6) is 0. The summed E-state index contributed by atoms with van der Waals surface area (Å²) in [4.78, 5) is 35.3. The van der Waals surface area contributed by atoms with Gasteiger partial charge in [-0.05, 0) is 27.7 Å². The van der Waals surface area contributed by atoms with Gasteiger partial charge in [0.1, 0.15) is 5.02 Å². The number of aromatic nitrogens is 2. The molecule has 0 spiro atoms. The molecule has 142 valence electrons. The Morgan fingerprint density at radius 2 is 1.60 bits per heavy atom. The van der Waals surface area contributed by atoms with E-state index in [1.165, 1.54) is 14.0 Å². The molecule has 1 aromatic rings. The molecule has 0 aliphatic heterocycles. The highest BCUT2D eigenvalue weighted by molar-refractivity contribution is 7.88. The molecule has 0 aliphatic carbocycles. The van der Waals surface area contributed by atoms with Crippen molar-refractivity contribution in [1.29, 1.82) is 0 Å². The second kappa shape index (κ2) is 8.02. The zero-order chi connectivity index (χ0) is 20.2. The lowest BCUT2D eigenvalue weighted by molar-refractivity contribution is 0.252. The Morgan fingerprint density at radius 3 is 1.92 bits per heavy atom. The number of rotatable bonds is 2. The quantitative estimate of drug-likeness (QED) is 0.430. The van der Waals surface area contributed by atoms with E-state index in [0.29, 0.717) is 5.69 Å². The molecule has 25 heavy (non-hydrogen) atoms. The number of aromatic hydroxyl groups is 1. The molecule has 0 saturated heterocycles. The van der Waals surface area contributed by atoms with Crippen molar-refractivity contribution in [1.82, 2.24) is 19.0 Å². The maximum Gasteiger partial charge on any atom is 0.328 e. The molecule has 0 radical (unpaired) electrons. The molecule has 0 saturated carbocycles. The number of urea groups is 2. The molecule has 12 nitrogen and oxygen atoms in total. The van der Waals surface area contributed by atoms with E-state index in [1.807, 2.05) is 0 Å². The van der Waals surface area contributed by atoms with E-state index in [0.717, 1.165) is 0 Å². The Morgan fingerprint density at radius 1 is 1.20 bits per heavy atom. The largest absolute Gasteiger partial charge is 0.480 e. The smallest absolute Gasteiger partial charge is 0.328 e. The van der Waals surface area contributed by atoms with E-state index >= 15 is 0 Å². The van der Waals surface area contributed by atoms with Crippen LogP contribution in [0.5, 0.6) is 6.01 Å². The van der Waals surface area contributed by atoms with Crippen LogP contribution in [0.2, 0.25) is 5.02 Å². The van der Waals surface area contributed by atoms with Crippen molar-refractivity contribution in [2.24, 2.45) is 11.5 Å². The van der Waals surface area contributed by atoms with Crippen molar-refractivity contribution in [3.05, 3.63) is 21.1 Å². The summed E-state index contributed by atoms with van der Waals surface area (Å²) in [5.41, 5.74) is 8.26. The van der Waals surface area contributed by atoms with Crippen LogP contribution >= 0.6 is 11.6 Å². The van der Waals surface area contributed by atoms with Gasteiger partial charge in [0.25, 0.3) is 11.6 Å². The Bertz CT molecular complexity index is 807. The monoisotopic (exact) mass is 398 g/mol. The lowest BCUT2D eigenvalue weighted by Crippen LogP contribution is -2.46. The molecule has 1 aromatic heterocycles. The number of nitrogens with zero attached hydrogens (tertiary/aromatic N) is 2. The highest BCUT2D eigenvalue weighted by Gasteiger charge is 2.22. The Kier molecular flexibility index (Phi) is 7.21. The number of hydrogen-bond acceptors (Lipinski definition) is 7. The summed E-state index contributed by atoms with van der Waals surface area (Å²) < 4.78 is 24.5. The average Bonchev–Trinajstić information content (AvgIpc) is 2.31. The Hall–Kier alpha value is -2.54. The highest BCUT2D eigenvalue weighted by Crippen LogP contribution is 2.19. The molecule has 0 atom stereocenters. The first-order valence-corrected chi connectivity index (χ1v) is 8.32. The number of carbonyl (C=O) groups excluding carboxylic acids is 2. The summed E-state index contributed by atoms with van der Waals surface area (Å²) in [6.07, 6.45) is 0. The second-order valence-electron chi connectivity index (χ2n) is 5.56. The fraction of sp³-hybridized carbons (Fsp3) is 0.455. The molecule has 0 aliphatic rings. The van der Waals surface area contributed by atoms with Crippen LogP contribution in [0.25, 0.3) is 0 Å². The van der Waals surface area contributed by atoms with Gasteiger partial charge in [0.15, 0.2) is 0 Å². The summed E-state index contributed by atoms with van der Waals surface area (Å²) in [6, 6.07) is -2.91. The topological polar surface area (TPSA) is 200 Å². The fourth-order valence-electron chi connectivity index (χ4n) is 1.49. The number of amides is 4. The normalized spacial score (nSPS) is 11.1. The van der Waals surface area contributed by atoms with Crippen LogP contribution in [0, 0.1) is 6.92 Å². The van der Waals surface area contributed by atoms with Crippen molar-refractivity contribution < 1.29 is 23.1 Å². The van der Waals surface area contributed by atoms with Crippen molar-refractivity contribution in [3.63, 3.8) is 0 Å². The Labute approximate surface area is 148 Å². The fourth-order valence-corrected chi connectivity index (χ4v) is 2.20. The molecule has 0 bridgehead atoms. The predicted molar refractivity (Wildman–Crippen MR) is 89.3 cm³/mol. The van der Waals surface area contributed by atoms with Crippen molar-refractivity contribution in [2.75, 3.05) is 0 Å². The summed E-state index contributed by atoms with van der Waals surface area (Å²) in [7, 11) is -4.23. The van der Waals surface area contributed by atoms with Gasteiger partial charge in [0.2, 0.25) is 0 Å². The number of nitrogens with two attached hydrogens (primary N) is 2. The van der Waals surface area contributed by atoms with Crippen molar-refractivity contribution in [2.45, 2.75) is 33.2 Å². The van der Waals surface area contributed by atoms with E-state index in [4.69, 9.17) is 11.6 Å². The standard InChI is InChI=1S/C9H13ClN2O2.C2H6N4O4S/c1-5-6(10)7(13)12(8(14)11-5)9(2,3)4;3-1(7)5-11(9,10)6-2(4)8/h1-4H3,(H,11,14);(H3,3,5,7)(H3,4,6,8). The van der Waals surface area contributed by atoms with Crippen LogP contribution in [-0.4, -0.2) is 35.1 Å². The maximum absolute atomic E-state index is 11.7. The van der Waals surface area contributed by atoms with Gasteiger partial charge in [-0.3, -0.25) is 9.36 Å². The SMILES string of the molecule is Cc1nc(O)n(C(C)(C)C)c(=O)c1Cl.NC(=O)NS(=O)(=O)NC(N)=O. The lowest BCUT2D eigenvalue weighted by atomic mass is 10.1. The minimum atomic E-state index is -4.23. The van der Waals surface area contributed by atoms with E-state index in [9.17, 15) is 27.9 Å². The molecule has 7 N–H and O–H groups in total.